The van der Waals surface area contributed by atoms with E-state index >= 15 is 0 Å². The molecule has 0 fully saturated rings. The highest BCUT2D eigenvalue weighted by Gasteiger charge is 2.25. The summed E-state index contributed by atoms with van der Waals surface area (Å²) in [5, 5.41) is 13.5. The summed E-state index contributed by atoms with van der Waals surface area (Å²) in [4.78, 5) is 13.5. The first-order valence-corrected chi connectivity index (χ1v) is 11.9. The van der Waals surface area contributed by atoms with Gasteiger partial charge in [0.25, 0.3) is 5.56 Å². The van der Waals surface area contributed by atoms with Crippen LogP contribution in [-0.2, 0) is 7.05 Å². The molecular weight excluding hydrogens is 468 g/mol. The molecule has 34 heavy (non-hydrogen) atoms. The van der Waals surface area contributed by atoms with Crippen molar-refractivity contribution in [1.29, 1.82) is 0 Å². The van der Waals surface area contributed by atoms with Gasteiger partial charge in [0.1, 0.15) is 0 Å². The normalized spacial score (nSPS) is 12.1. The van der Waals surface area contributed by atoms with Crippen LogP contribution in [-0.4, -0.2) is 29.6 Å². The lowest BCUT2D eigenvalue weighted by Gasteiger charge is -2.17. The van der Waals surface area contributed by atoms with Crippen LogP contribution in [0.15, 0.2) is 94.9 Å². The molecule has 0 saturated heterocycles. The van der Waals surface area contributed by atoms with Gasteiger partial charge in [-0.2, -0.15) is 4.68 Å². The number of hydrogen-bond donors (Lipinski definition) is 0. The van der Waals surface area contributed by atoms with E-state index in [-0.39, 0.29) is 10.8 Å². The van der Waals surface area contributed by atoms with Crippen LogP contribution >= 0.6 is 23.4 Å². The lowest BCUT2D eigenvalue weighted by atomic mass is 10.0. The zero-order chi connectivity index (χ0) is 23.7. The predicted molar refractivity (Wildman–Crippen MR) is 134 cm³/mol. The third kappa shape index (κ3) is 4.06. The molecule has 1 unspecified atom stereocenters. The fourth-order valence-corrected chi connectivity index (χ4v) is 5.12. The first-order chi connectivity index (χ1) is 16.5. The van der Waals surface area contributed by atoms with Gasteiger partial charge in [0.15, 0.2) is 5.69 Å². The second kappa shape index (κ2) is 9.32. The Bertz CT molecular complexity index is 1480. The highest BCUT2D eigenvalue weighted by atomic mass is 35.5. The number of para-hydroxylation sites is 1. The van der Waals surface area contributed by atoms with Gasteiger partial charge < -0.3 is 0 Å². The molecule has 3 aromatic carbocycles. The number of nitrogens with zero attached hydrogens (tertiary/aromatic N) is 6. The van der Waals surface area contributed by atoms with E-state index in [1.807, 2.05) is 91.4 Å². The molecule has 0 aliphatic carbocycles. The molecule has 0 radical (unpaired) electrons. The number of tetrazole rings is 1. The Balaban J connectivity index is 1.60. The van der Waals surface area contributed by atoms with Gasteiger partial charge in [0.05, 0.1) is 16.6 Å². The lowest BCUT2D eigenvalue weighted by Crippen LogP contribution is -2.22. The summed E-state index contributed by atoms with van der Waals surface area (Å²) >= 11 is 7.61. The second-order valence-electron chi connectivity index (χ2n) is 7.74. The molecule has 5 aromatic rings. The molecule has 0 spiro atoms. The molecule has 0 N–H and O–H groups in total. The Kier molecular flexibility index (Phi) is 6.08. The van der Waals surface area contributed by atoms with Gasteiger partial charge in [-0.25, -0.2) is 4.68 Å². The molecule has 0 aliphatic heterocycles. The van der Waals surface area contributed by atoms with Crippen LogP contribution in [0.3, 0.4) is 0 Å². The van der Waals surface area contributed by atoms with E-state index in [0.717, 1.165) is 22.5 Å². The Morgan fingerprint density at radius 1 is 0.882 bits per heavy atom. The van der Waals surface area contributed by atoms with Crippen molar-refractivity contribution in [2.45, 2.75) is 17.3 Å². The highest BCUT2D eigenvalue weighted by molar-refractivity contribution is 7.99. The first-order valence-electron chi connectivity index (χ1n) is 10.6. The van der Waals surface area contributed by atoms with Crippen molar-refractivity contribution in [2.24, 2.45) is 7.05 Å². The van der Waals surface area contributed by atoms with Crippen molar-refractivity contribution in [3.63, 3.8) is 0 Å². The Labute approximate surface area is 205 Å². The molecule has 1 atom stereocenters. The summed E-state index contributed by atoms with van der Waals surface area (Å²) in [5.41, 5.74) is 3.91. The molecule has 2 heterocycles. The van der Waals surface area contributed by atoms with Gasteiger partial charge in [-0.05, 0) is 52.7 Å². The van der Waals surface area contributed by atoms with Crippen LogP contribution in [0.4, 0.5) is 0 Å². The minimum absolute atomic E-state index is 0.0939. The molecule has 2 aromatic heterocycles. The van der Waals surface area contributed by atoms with Gasteiger partial charge in [0, 0.05) is 12.1 Å². The third-order valence-corrected chi connectivity index (χ3v) is 7.17. The maximum absolute atomic E-state index is 13.5. The molecule has 170 valence electrons. The highest BCUT2D eigenvalue weighted by Crippen LogP contribution is 2.40. The van der Waals surface area contributed by atoms with Gasteiger partial charge in [-0.15, -0.1) is 5.10 Å². The average Bonchev–Trinajstić information content (AvgIpc) is 3.40. The van der Waals surface area contributed by atoms with E-state index in [2.05, 4.69) is 27.7 Å². The summed E-state index contributed by atoms with van der Waals surface area (Å²) in [5.74, 6) is 0. The number of rotatable bonds is 6. The SMILES string of the molecule is Cc1c(-n2nnnc2SC(c2ccccc2)c2ccc(Cl)cc2)c(=O)n(-c2ccccc2)n1C. The fourth-order valence-electron chi connectivity index (χ4n) is 3.89. The molecule has 0 amide bonds. The average molecular weight is 489 g/mol. The summed E-state index contributed by atoms with van der Waals surface area (Å²) < 4.78 is 4.97. The fraction of sp³-hybridized carbons (Fsp3) is 0.120. The number of benzene rings is 3. The zero-order valence-electron chi connectivity index (χ0n) is 18.5. The minimum Gasteiger partial charge on any atom is -0.283 e. The van der Waals surface area contributed by atoms with Crippen molar-refractivity contribution in [1.82, 2.24) is 29.6 Å². The van der Waals surface area contributed by atoms with E-state index in [0.29, 0.717) is 15.9 Å². The van der Waals surface area contributed by atoms with Crippen LogP contribution in [0.25, 0.3) is 11.4 Å². The largest absolute Gasteiger partial charge is 0.297 e. The molecule has 0 aliphatic rings. The molecular formula is C25H21ClN6OS. The van der Waals surface area contributed by atoms with Crippen molar-refractivity contribution in [3.05, 3.63) is 117 Å². The maximum Gasteiger partial charge on any atom is 0.297 e. The van der Waals surface area contributed by atoms with Crippen LogP contribution < -0.4 is 5.56 Å². The summed E-state index contributed by atoms with van der Waals surface area (Å²) in [7, 11) is 1.85. The first kappa shape index (κ1) is 22.2. The Morgan fingerprint density at radius 2 is 1.50 bits per heavy atom. The van der Waals surface area contributed by atoms with E-state index in [1.165, 1.54) is 16.4 Å². The van der Waals surface area contributed by atoms with Crippen LogP contribution in [0.5, 0.6) is 0 Å². The van der Waals surface area contributed by atoms with Gasteiger partial charge in [0.2, 0.25) is 5.16 Å². The summed E-state index contributed by atoms with van der Waals surface area (Å²) in [6.07, 6.45) is 0. The molecule has 9 heteroatoms. The predicted octanol–water partition coefficient (Wildman–Crippen LogP) is 5.00. The Morgan fingerprint density at radius 3 is 2.18 bits per heavy atom. The van der Waals surface area contributed by atoms with E-state index < -0.39 is 0 Å². The monoisotopic (exact) mass is 488 g/mol. The van der Waals surface area contributed by atoms with E-state index in [9.17, 15) is 4.79 Å². The van der Waals surface area contributed by atoms with Crippen LogP contribution in [0, 0.1) is 6.92 Å². The standard InChI is InChI=1S/C25H21ClN6OS/c1-17-22(24(33)32(30(17)2)21-11-7-4-8-12-21)31-25(27-28-29-31)34-23(18-9-5-3-6-10-18)19-13-15-20(26)16-14-19/h3-16,23H,1-2H3. The summed E-state index contributed by atoms with van der Waals surface area (Å²) in [6.45, 7) is 1.89. The third-order valence-electron chi connectivity index (χ3n) is 5.67. The Hall–Kier alpha value is -3.62. The minimum atomic E-state index is -0.192. The van der Waals surface area contributed by atoms with Crippen LogP contribution in [0.1, 0.15) is 22.1 Å². The molecule has 7 nitrogen and oxygen atoms in total. The van der Waals surface area contributed by atoms with Crippen molar-refractivity contribution in [2.75, 3.05) is 0 Å². The molecule has 0 bridgehead atoms. The summed E-state index contributed by atoms with van der Waals surface area (Å²) in [6, 6.07) is 27.4. The molecule has 5 rings (SSSR count). The maximum atomic E-state index is 13.5. The quantitative estimate of drug-likeness (QED) is 0.315. The zero-order valence-corrected chi connectivity index (χ0v) is 20.1. The van der Waals surface area contributed by atoms with Gasteiger partial charge in [-0.3, -0.25) is 9.48 Å². The number of hydrogen-bond acceptors (Lipinski definition) is 5. The van der Waals surface area contributed by atoms with Gasteiger partial charge >= 0.3 is 0 Å². The van der Waals surface area contributed by atoms with E-state index in [4.69, 9.17) is 11.6 Å². The topological polar surface area (TPSA) is 70.5 Å². The number of aromatic nitrogens is 6. The van der Waals surface area contributed by atoms with E-state index in [1.54, 1.807) is 4.68 Å². The van der Waals surface area contributed by atoms with Crippen LogP contribution in [0.2, 0.25) is 5.02 Å². The number of halogens is 1. The van der Waals surface area contributed by atoms with Crippen molar-refractivity contribution < 1.29 is 0 Å². The van der Waals surface area contributed by atoms with Crippen molar-refractivity contribution in [3.8, 4) is 11.4 Å². The van der Waals surface area contributed by atoms with Crippen molar-refractivity contribution >= 4 is 23.4 Å². The lowest BCUT2D eigenvalue weighted by molar-refractivity contribution is 0.630. The number of thioether (sulfide) groups is 1. The second-order valence-corrected chi connectivity index (χ2v) is 9.25. The smallest absolute Gasteiger partial charge is 0.283 e. The molecule has 0 saturated carbocycles. The van der Waals surface area contributed by atoms with Gasteiger partial charge in [-0.1, -0.05) is 84.0 Å².